The van der Waals surface area contributed by atoms with Crippen molar-refractivity contribution in [3.63, 3.8) is 0 Å². The largest absolute Gasteiger partial charge is 0.378 e. The topological polar surface area (TPSA) is 79.4 Å². The number of hydrogen-bond acceptors (Lipinski definition) is 5. The van der Waals surface area contributed by atoms with E-state index in [9.17, 15) is 18.8 Å². The molecule has 4 rings (SSSR count). The summed E-state index contributed by atoms with van der Waals surface area (Å²) in [6, 6.07) is 4.56. The number of hydrogen-bond donors (Lipinski definition) is 0. The first kappa shape index (κ1) is 23.6. The van der Waals surface area contributed by atoms with Crippen LogP contribution < -0.4 is 0 Å². The van der Waals surface area contributed by atoms with Crippen molar-refractivity contribution in [3.05, 3.63) is 35.6 Å². The van der Waals surface area contributed by atoms with Crippen LogP contribution in [-0.2, 0) is 19.1 Å². The van der Waals surface area contributed by atoms with Crippen LogP contribution >= 0.6 is 0 Å². The average molecular weight is 462 g/mol. The highest BCUT2D eigenvalue weighted by atomic mass is 19.1. The van der Waals surface area contributed by atoms with Gasteiger partial charge in [0.2, 0.25) is 11.8 Å². The summed E-state index contributed by atoms with van der Waals surface area (Å²) in [6.45, 7) is 8.46. The van der Waals surface area contributed by atoms with Gasteiger partial charge in [-0.3, -0.25) is 19.3 Å². The molecule has 3 aliphatic heterocycles. The summed E-state index contributed by atoms with van der Waals surface area (Å²) in [5, 5.41) is 0. The molecule has 33 heavy (non-hydrogen) atoms. The molecular weight excluding hydrogens is 429 g/mol. The summed E-state index contributed by atoms with van der Waals surface area (Å²) in [5.74, 6) is -0.921. The normalized spacial score (nSPS) is 23.2. The van der Waals surface area contributed by atoms with Crippen molar-refractivity contribution in [2.75, 3.05) is 46.0 Å². The van der Waals surface area contributed by atoms with Crippen LogP contribution in [0.25, 0.3) is 0 Å². The fourth-order valence-electron chi connectivity index (χ4n) is 4.82. The lowest BCUT2D eigenvalue weighted by Gasteiger charge is -2.46. The van der Waals surface area contributed by atoms with Crippen molar-refractivity contribution < 1.29 is 28.2 Å². The number of likely N-dealkylation sites (tertiary alicyclic amines) is 1. The summed E-state index contributed by atoms with van der Waals surface area (Å²) in [5.41, 5.74) is -1.18. The summed E-state index contributed by atoms with van der Waals surface area (Å²) >= 11 is 0. The second-order valence-electron chi connectivity index (χ2n) is 9.93. The highest BCUT2D eigenvalue weighted by Gasteiger charge is 2.55. The Hall–Kier alpha value is -2.52. The third-order valence-electron chi connectivity index (χ3n) is 6.65. The molecule has 3 amide bonds. The Morgan fingerprint density at radius 1 is 0.970 bits per heavy atom. The van der Waals surface area contributed by atoms with Crippen LogP contribution in [-0.4, -0.2) is 90.2 Å². The summed E-state index contributed by atoms with van der Waals surface area (Å²) in [6.07, 6.45) is 0.823. The maximum absolute atomic E-state index is 13.7. The fourth-order valence-corrected chi connectivity index (χ4v) is 4.82. The molecule has 3 saturated heterocycles. The van der Waals surface area contributed by atoms with E-state index in [0.29, 0.717) is 57.8 Å². The van der Waals surface area contributed by atoms with Crippen LogP contribution in [0, 0.1) is 11.2 Å². The maximum atomic E-state index is 13.7. The summed E-state index contributed by atoms with van der Waals surface area (Å²) in [7, 11) is 0. The van der Waals surface area contributed by atoms with Crippen LogP contribution in [0.1, 0.15) is 44.0 Å². The number of carbonyl (C=O) groups excluding carboxylic acids is 3. The zero-order valence-corrected chi connectivity index (χ0v) is 19.5. The van der Waals surface area contributed by atoms with Gasteiger partial charge in [-0.15, -0.1) is 0 Å². The van der Waals surface area contributed by atoms with E-state index in [2.05, 4.69) is 0 Å². The molecule has 9 heteroatoms. The first-order valence-corrected chi connectivity index (χ1v) is 11.5. The molecule has 0 bridgehead atoms. The van der Waals surface area contributed by atoms with Gasteiger partial charge in [-0.05, 0) is 24.3 Å². The van der Waals surface area contributed by atoms with Gasteiger partial charge in [0.25, 0.3) is 5.91 Å². The third kappa shape index (κ3) is 4.61. The molecule has 3 aliphatic rings. The number of ether oxygens (including phenoxy) is 2. The number of benzene rings is 1. The number of carbonyl (C=O) groups is 3. The van der Waals surface area contributed by atoms with Gasteiger partial charge in [-0.1, -0.05) is 20.8 Å². The van der Waals surface area contributed by atoms with Crippen LogP contribution in [0.3, 0.4) is 0 Å². The number of amides is 3. The second kappa shape index (κ2) is 9.02. The van der Waals surface area contributed by atoms with Crippen LogP contribution in [0.5, 0.6) is 0 Å². The summed E-state index contributed by atoms with van der Waals surface area (Å²) in [4.78, 5) is 44.9. The minimum atomic E-state index is -0.979. The van der Waals surface area contributed by atoms with Gasteiger partial charge < -0.3 is 19.3 Å². The highest BCUT2D eigenvalue weighted by molar-refractivity contribution is 5.98. The minimum Gasteiger partial charge on any atom is -0.378 e. The summed E-state index contributed by atoms with van der Waals surface area (Å²) < 4.78 is 25.1. The van der Waals surface area contributed by atoms with Gasteiger partial charge >= 0.3 is 0 Å². The minimum absolute atomic E-state index is 0.0488. The first-order valence-electron chi connectivity index (χ1n) is 11.5. The van der Waals surface area contributed by atoms with E-state index >= 15 is 0 Å². The van der Waals surface area contributed by atoms with Crippen molar-refractivity contribution in [3.8, 4) is 0 Å². The van der Waals surface area contributed by atoms with Crippen LogP contribution in [0.4, 0.5) is 4.39 Å². The van der Waals surface area contributed by atoms with Crippen molar-refractivity contribution in [1.29, 1.82) is 0 Å². The Morgan fingerprint density at radius 2 is 1.58 bits per heavy atom. The lowest BCUT2D eigenvalue weighted by Crippen LogP contribution is -2.61. The van der Waals surface area contributed by atoms with E-state index in [1.54, 1.807) is 14.7 Å². The van der Waals surface area contributed by atoms with Crippen molar-refractivity contribution in [2.45, 2.75) is 45.4 Å². The van der Waals surface area contributed by atoms with Crippen molar-refractivity contribution in [1.82, 2.24) is 14.7 Å². The Balaban J connectivity index is 1.60. The second-order valence-corrected chi connectivity index (χ2v) is 9.93. The number of morpholine rings is 1. The molecular formula is C24H32FN3O5. The molecule has 180 valence electrons. The molecule has 1 spiro atoms. The van der Waals surface area contributed by atoms with Gasteiger partial charge in [0, 0.05) is 50.0 Å². The molecule has 0 aromatic heterocycles. The Labute approximate surface area is 193 Å². The average Bonchev–Trinajstić information content (AvgIpc) is 3.17. The third-order valence-corrected chi connectivity index (χ3v) is 6.65. The highest BCUT2D eigenvalue weighted by Crippen LogP contribution is 2.39. The van der Waals surface area contributed by atoms with E-state index < -0.39 is 23.0 Å². The number of nitrogens with zero attached hydrogens (tertiary/aromatic N) is 3. The molecule has 1 aromatic carbocycles. The van der Waals surface area contributed by atoms with E-state index in [0.717, 1.165) is 0 Å². The Morgan fingerprint density at radius 3 is 2.15 bits per heavy atom. The van der Waals surface area contributed by atoms with E-state index in [1.165, 1.54) is 24.3 Å². The molecule has 0 aliphatic carbocycles. The number of piperidine rings is 1. The number of rotatable bonds is 2. The molecule has 1 atom stereocenters. The smallest absolute Gasteiger partial charge is 0.256 e. The fraction of sp³-hybridized carbons (Fsp3) is 0.625. The van der Waals surface area contributed by atoms with Crippen molar-refractivity contribution >= 4 is 17.7 Å². The van der Waals surface area contributed by atoms with Gasteiger partial charge in [-0.25, -0.2) is 4.39 Å². The van der Waals surface area contributed by atoms with Gasteiger partial charge in [0.1, 0.15) is 17.6 Å². The SMILES string of the molecule is CC(C)(C)C(=O)N1CCC2(CC1)OCC(C(=O)N1CCOCC1)N2C(=O)c1ccc(F)cc1. The predicted octanol–water partition coefficient (Wildman–Crippen LogP) is 1.89. The molecule has 8 nitrogen and oxygen atoms in total. The monoisotopic (exact) mass is 461 g/mol. The van der Waals surface area contributed by atoms with Crippen LogP contribution in [0.15, 0.2) is 24.3 Å². The Kier molecular flexibility index (Phi) is 6.46. The van der Waals surface area contributed by atoms with Crippen LogP contribution in [0.2, 0.25) is 0 Å². The number of halogens is 1. The van der Waals surface area contributed by atoms with E-state index in [4.69, 9.17) is 9.47 Å². The van der Waals surface area contributed by atoms with E-state index in [1.807, 2.05) is 20.8 Å². The van der Waals surface area contributed by atoms with Crippen molar-refractivity contribution in [2.24, 2.45) is 5.41 Å². The van der Waals surface area contributed by atoms with Gasteiger partial charge in [0.05, 0.1) is 19.8 Å². The first-order chi connectivity index (χ1) is 15.6. The molecule has 3 fully saturated rings. The van der Waals surface area contributed by atoms with E-state index in [-0.39, 0.29) is 24.3 Å². The molecule has 0 N–H and O–H groups in total. The standard InChI is InChI=1S/C24H32FN3O5/c1-23(2,3)22(31)27-10-8-24(9-11-27)28(20(29)17-4-6-18(25)7-5-17)19(16-33-24)21(30)26-12-14-32-15-13-26/h4-7,19H,8-16H2,1-3H3. The molecule has 0 saturated carbocycles. The maximum Gasteiger partial charge on any atom is 0.256 e. The molecule has 1 unspecified atom stereocenters. The predicted molar refractivity (Wildman–Crippen MR) is 118 cm³/mol. The van der Waals surface area contributed by atoms with Gasteiger partial charge in [0.15, 0.2) is 0 Å². The molecule has 0 radical (unpaired) electrons. The molecule has 3 heterocycles. The zero-order valence-electron chi connectivity index (χ0n) is 19.5. The molecule has 1 aromatic rings. The zero-order chi connectivity index (χ0) is 23.8. The Bertz CT molecular complexity index is 900. The quantitative estimate of drug-likeness (QED) is 0.672. The lowest BCUT2D eigenvalue weighted by atomic mass is 9.91. The van der Waals surface area contributed by atoms with Gasteiger partial charge in [-0.2, -0.15) is 0 Å². The lowest BCUT2D eigenvalue weighted by molar-refractivity contribution is -0.151.